The van der Waals surface area contributed by atoms with Crippen LogP contribution in [0.15, 0.2) is 6.07 Å². The molecule has 0 aliphatic carbocycles. The predicted octanol–water partition coefficient (Wildman–Crippen LogP) is 1.00. The Morgan fingerprint density at radius 2 is 2.22 bits per heavy atom. The molecule has 102 valence electrons. The van der Waals surface area contributed by atoms with E-state index >= 15 is 0 Å². The first-order valence-electron chi connectivity index (χ1n) is 6.63. The average molecular weight is 253 g/mol. The van der Waals surface area contributed by atoms with Crippen molar-refractivity contribution in [2.24, 2.45) is 11.1 Å². The van der Waals surface area contributed by atoms with E-state index in [4.69, 9.17) is 10.5 Å². The van der Waals surface area contributed by atoms with Gasteiger partial charge in [0.1, 0.15) is 6.10 Å². The van der Waals surface area contributed by atoms with Gasteiger partial charge in [-0.1, -0.05) is 0 Å². The van der Waals surface area contributed by atoms with Crippen molar-refractivity contribution in [3.8, 4) is 0 Å². The quantitative estimate of drug-likeness (QED) is 0.839. The minimum Gasteiger partial charge on any atom is -0.386 e. The van der Waals surface area contributed by atoms with Gasteiger partial charge in [0, 0.05) is 31.7 Å². The molecule has 0 radical (unpaired) electrons. The summed E-state index contributed by atoms with van der Waals surface area (Å²) in [5.74, 6) is 0. The van der Waals surface area contributed by atoms with Crippen LogP contribution in [0.1, 0.15) is 37.3 Å². The summed E-state index contributed by atoms with van der Waals surface area (Å²) in [6.45, 7) is 6.56. The normalized spacial score (nSPS) is 20.9. The van der Waals surface area contributed by atoms with E-state index in [0.29, 0.717) is 19.8 Å². The van der Waals surface area contributed by atoms with Gasteiger partial charge in [-0.2, -0.15) is 5.10 Å². The van der Waals surface area contributed by atoms with Crippen LogP contribution in [-0.4, -0.2) is 34.6 Å². The highest BCUT2D eigenvalue weighted by atomic mass is 16.5. The predicted molar refractivity (Wildman–Crippen MR) is 69.1 cm³/mol. The Kier molecular flexibility index (Phi) is 4.04. The molecule has 2 rings (SSSR count). The second kappa shape index (κ2) is 5.38. The van der Waals surface area contributed by atoms with Gasteiger partial charge in [-0.15, -0.1) is 0 Å². The summed E-state index contributed by atoms with van der Waals surface area (Å²) in [7, 11) is 0. The van der Waals surface area contributed by atoms with Crippen molar-refractivity contribution in [2.45, 2.75) is 39.3 Å². The average Bonchev–Trinajstić information content (AvgIpc) is 2.79. The minimum atomic E-state index is -0.562. The van der Waals surface area contributed by atoms with Crippen LogP contribution in [-0.2, 0) is 11.3 Å². The molecule has 1 aromatic rings. The fourth-order valence-electron chi connectivity index (χ4n) is 2.72. The maximum Gasteiger partial charge on any atom is 0.103 e. The molecule has 1 aliphatic rings. The largest absolute Gasteiger partial charge is 0.386 e. The van der Waals surface area contributed by atoms with Crippen LogP contribution < -0.4 is 5.73 Å². The third kappa shape index (κ3) is 2.30. The van der Waals surface area contributed by atoms with Gasteiger partial charge >= 0.3 is 0 Å². The van der Waals surface area contributed by atoms with Gasteiger partial charge in [-0.05, 0) is 32.8 Å². The van der Waals surface area contributed by atoms with Crippen LogP contribution in [0.5, 0.6) is 0 Å². The molecule has 5 nitrogen and oxygen atoms in total. The molecule has 0 spiro atoms. The van der Waals surface area contributed by atoms with E-state index in [-0.39, 0.29) is 5.41 Å². The van der Waals surface area contributed by atoms with E-state index in [1.165, 1.54) is 0 Å². The third-order valence-corrected chi connectivity index (χ3v) is 3.99. The number of hydrogen-bond donors (Lipinski definition) is 2. The maximum atomic E-state index is 10.7. The van der Waals surface area contributed by atoms with Gasteiger partial charge in [-0.25, -0.2) is 0 Å². The standard InChI is InChI=1S/C13H23N3O2/c1-3-16-11(8-10(2)15-16)12(17)13(9-14)4-6-18-7-5-13/h8,12,17H,3-7,9,14H2,1-2H3/t12-/m0/s1. The Bertz CT molecular complexity index is 397. The molecule has 0 saturated carbocycles. The number of aliphatic hydroxyl groups is 1. The van der Waals surface area contributed by atoms with Crippen molar-refractivity contribution in [2.75, 3.05) is 19.8 Å². The van der Waals surface area contributed by atoms with Crippen molar-refractivity contribution < 1.29 is 9.84 Å². The lowest BCUT2D eigenvalue weighted by molar-refractivity contribution is -0.0613. The van der Waals surface area contributed by atoms with E-state index < -0.39 is 6.10 Å². The smallest absolute Gasteiger partial charge is 0.103 e. The van der Waals surface area contributed by atoms with Crippen molar-refractivity contribution in [1.29, 1.82) is 0 Å². The topological polar surface area (TPSA) is 73.3 Å². The first kappa shape index (κ1) is 13.5. The van der Waals surface area contributed by atoms with Gasteiger partial charge in [0.25, 0.3) is 0 Å². The lowest BCUT2D eigenvalue weighted by atomic mass is 9.74. The molecular weight excluding hydrogens is 230 g/mol. The first-order valence-corrected chi connectivity index (χ1v) is 6.63. The SMILES string of the molecule is CCn1nc(C)cc1[C@H](O)C1(CN)CCOCC1. The highest BCUT2D eigenvalue weighted by Crippen LogP contribution is 2.41. The zero-order valence-electron chi connectivity index (χ0n) is 11.2. The third-order valence-electron chi connectivity index (χ3n) is 3.99. The zero-order chi connectivity index (χ0) is 13.2. The fraction of sp³-hybridized carbons (Fsp3) is 0.769. The zero-order valence-corrected chi connectivity index (χ0v) is 11.2. The monoisotopic (exact) mass is 253 g/mol. The lowest BCUT2D eigenvalue weighted by Gasteiger charge is -2.40. The second-order valence-electron chi connectivity index (χ2n) is 5.11. The summed E-state index contributed by atoms with van der Waals surface area (Å²) in [6.07, 6.45) is 1.05. The molecule has 0 amide bonds. The number of aromatic nitrogens is 2. The highest BCUT2D eigenvalue weighted by molar-refractivity contribution is 5.15. The summed E-state index contributed by atoms with van der Waals surface area (Å²) < 4.78 is 7.25. The molecule has 1 fully saturated rings. The number of nitrogens with two attached hydrogens (primary N) is 1. The molecule has 3 N–H and O–H groups in total. The van der Waals surface area contributed by atoms with Crippen LogP contribution in [0.3, 0.4) is 0 Å². The fourth-order valence-corrected chi connectivity index (χ4v) is 2.72. The Morgan fingerprint density at radius 1 is 1.56 bits per heavy atom. The van der Waals surface area contributed by atoms with E-state index in [1.54, 1.807) is 0 Å². The van der Waals surface area contributed by atoms with E-state index in [0.717, 1.165) is 30.8 Å². The van der Waals surface area contributed by atoms with Crippen molar-refractivity contribution in [3.05, 3.63) is 17.5 Å². The summed E-state index contributed by atoms with van der Waals surface area (Å²) >= 11 is 0. The number of hydrogen-bond acceptors (Lipinski definition) is 4. The lowest BCUT2D eigenvalue weighted by Crippen LogP contribution is -2.42. The second-order valence-corrected chi connectivity index (χ2v) is 5.11. The van der Waals surface area contributed by atoms with Crippen LogP contribution >= 0.6 is 0 Å². The number of ether oxygens (including phenoxy) is 1. The molecule has 1 saturated heterocycles. The molecule has 0 aromatic carbocycles. The van der Waals surface area contributed by atoms with Crippen molar-refractivity contribution >= 4 is 0 Å². The van der Waals surface area contributed by atoms with E-state index in [1.807, 2.05) is 24.6 Å². The highest BCUT2D eigenvalue weighted by Gasteiger charge is 2.40. The van der Waals surface area contributed by atoms with Gasteiger partial charge in [-0.3, -0.25) is 4.68 Å². The number of rotatable bonds is 4. The summed E-state index contributed by atoms with van der Waals surface area (Å²) in [6, 6.07) is 1.96. The van der Waals surface area contributed by atoms with E-state index in [9.17, 15) is 5.11 Å². The minimum absolute atomic E-state index is 0.266. The van der Waals surface area contributed by atoms with E-state index in [2.05, 4.69) is 5.10 Å². The molecule has 1 aliphatic heterocycles. The Balaban J connectivity index is 2.30. The van der Waals surface area contributed by atoms with Crippen LogP contribution in [0.2, 0.25) is 0 Å². The van der Waals surface area contributed by atoms with Crippen molar-refractivity contribution in [3.63, 3.8) is 0 Å². The van der Waals surface area contributed by atoms with Gasteiger partial charge < -0.3 is 15.6 Å². The molecule has 1 aromatic heterocycles. The molecule has 2 heterocycles. The number of aliphatic hydroxyl groups excluding tert-OH is 1. The Hall–Kier alpha value is -0.910. The molecule has 1 atom stereocenters. The van der Waals surface area contributed by atoms with Gasteiger partial charge in [0.2, 0.25) is 0 Å². The molecule has 0 bridgehead atoms. The molecule has 0 unspecified atom stereocenters. The molecule has 5 heteroatoms. The summed E-state index contributed by atoms with van der Waals surface area (Å²) in [4.78, 5) is 0. The Labute approximate surface area is 108 Å². The van der Waals surface area contributed by atoms with Crippen molar-refractivity contribution in [1.82, 2.24) is 9.78 Å². The van der Waals surface area contributed by atoms with Crippen LogP contribution in [0.25, 0.3) is 0 Å². The number of aryl methyl sites for hydroxylation is 2. The Morgan fingerprint density at radius 3 is 2.78 bits per heavy atom. The van der Waals surface area contributed by atoms with Gasteiger partial charge in [0.05, 0.1) is 11.4 Å². The maximum absolute atomic E-state index is 10.7. The van der Waals surface area contributed by atoms with Gasteiger partial charge in [0.15, 0.2) is 0 Å². The van der Waals surface area contributed by atoms with Crippen LogP contribution in [0, 0.1) is 12.3 Å². The first-order chi connectivity index (χ1) is 8.63. The number of nitrogens with zero attached hydrogens (tertiary/aromatic N) is 2. The summed E-state index contributed by atoms with van der Waals surface area (Å²) in [5.41, 5.74) is 7.48. The summed E-state index contributed by atoms with van der Waals surface area (Å²) in [5, 5.41) is 15.1. The molecular formula is C13H23N3O2. The van der Waals surface area contributed by atoms with Crippen LogP contribution in [0.4, 0.5) is 0 Å². The molecule has 18 heavy (non-hydrogen) atoms.